The van der Waals surface area contributed by atoms with Crippen molar-refractivity contribution in [3.63, 3.8) is 0 Å². The Bertz CT molecular complexity index is 1910. The van der Waals surface area contributed by atoms with Crippen LogP contribution < -0.4 is 5.32 Å². The van der Waals surface area contributed by atoms with Gasteiger partial charge < -0.3 is 34.6 Å². The fourth-order valence-corrected chi connectivity index (χ4v) is 8.70. The van der Waals surface area contributed by atoms with Crippen LogP contribution in [0.5, 0.6) is 0 Å². The van der Waals surface area contributed by atoms with Crippen LogP contribution in [0.25, 0.3) is 14.9 Å². The Balaban J connectivity index is 1.25. The van der Waals surface area contributed by atoms with E-state index in [1.54, 1.807) is 9.80 Å². The molecule has 3 aliphatic rings. The van der Waals surface area contributed by atoms with Gasteiger partial charge in [0.1, 0.15) is 12.1 Å². The second-order valence-corrected chi connectivity index (χ2v) is 15.8. The predicted octanol–water partition coefficient (Wildman–Crippen LogP) is 3.97. The average Bonchev–Trinajstić information content (AvgIpc) is 3.81. The van der Waals surface area contributed by atoms with Crippen LogP contribution in [0.4, 0.5) is 8.78 Å². The van der Waals surface area contributed by atoms with Gasteiger partial charge in [0.2, 0.25) is 23.8 Å². The highest BCUT2D eigenvalue weighted by molar-refractivity contribution is 7.52. The number of hydrogen-bond donors (Lipinski definition) is 3. The van der Waals surface area contributed by atoms with Gasteiger partial charge in [-0.25, -0.2) is 6.57 Å². The van der Waals surface area contributed by atoms with E-state index in [9.17, 15) is 32.5 Å². The Morgan fingerprint density at radius 3 is 2.50 bits per heavy atom. The second kappa shape index (κ2) is 13.8. The number of hydrogen-bond acceptors (Lipinski definition) is 6. The standard InChI is InChI=1S/C34H36F2N5O7PS/c1-20(42)39-13-12-25-9-10-28(33(45)40-18-24(37-2)17-26(40)14-21-6-4-3-5-7-21)41(25)32(44)27(19-39)38-31(43)30-16-22-15-23(8-11-29(22)50-30)34(35,36)49(46,47)48/h3-8,11,15-16,24-28H,9-10,12-14,17-19H2,1H3,(H,38,43)(H2,46,47,48)/t24-,25-,26+,27+,28+/m1/s1. The van der Waals surface area contributed by atoms with E-state index in [0.717, 1.165) is 29.0 Å². The topological polar surface area (TPSA) is 152 Å². The first-order chi connectivity index (χ1) is 23.7. The van der Waals surface area contributed by atoms with Gasteiger partial charge in [0.05, 0.1) is 11.4 Å². The highest BCUT2D eigenvalue weighted by Crippen LogP contribution is 2.59. The number of amides is 4. The third-order valence-corrected chi connectivity index (χ3v) is 12.0. The van der Waals surface area contributed by atoms with Crippen LogP contribution in [0.15, 0.2) is 54.6 Å². The van der Waals surface area contributed by atoms with E-state index in [-0.39, 0.29) is 53.3 Å². The molecule has 264 valence electrons. The minimum absolute atomic E-state index is 0.0532. The summed E-state index contributed by atoms with van der Waals surface area (Å²) in [4.78, 5) is 81.6. The molecular weight excluding hydrogens is 691 g/mol. The number of halogens is 2. The molecule has 3 N–H and O–H groups in total. The molecule has 0 radical (unpaired) electrons. The molecule has 0 spiro atoms. The Labute approximate surface area is 291 Å². The van der Waals surface area contributed by atoms with E-state index in [4.69, 9.17) is 16.4 Å². The summed E-state index contributed by atoms with van der Waals surface area (Å²) in [5.74, 6) is -1.76. The molecule has 3 saturated heterocycles. The molecule has 0 saturated carbocycles. The van der Waals surface area contributed by atoms with Crippen LogP contribution in [-0.4, -0.2) is 98.0 Å². The fourth-order valence-electron chi connectivity index (χ4n) is 7.28. The van der Waals surface area contributed by atoms with Crippen LogP contribution in [-0.2, 0) is 31.0 Å². The Morgan fingerprint density at radius 1 is 1.08 bits per heavy atom. The quantitative estimate of drug-likeness (QED) is 0.246. The van der Waals surface area contributed by atoms with Gasteiger partial charge in [-0.05, 0) is 54.8 Å². The minimum Gasteiger partial charge on any atom is -0.340 e. The van der Waals surface area contributed by atoms with Crippen LogP contribution in [0.2, 0.25) is 0 Å². The second-order valence-electron chi connectivity index (χ2n) is 13.1. The number of nitrogens with zero attached hydrogens (tertiary/aromatic N) is 4. The van der Waals surface area contributed by atoms with Gasteiger partial charge in [0, 0.05) is 48.8 Å². The largest absolute Gasteiger partial charge is 0.399 e. The van der Waals surface area contributed by atoms with Crippen molar-refractivity contribution in [2.75, 3.05) is 19.6 Å². The van der Waals surface area contributed by atoms with E-state index in [0.29, 0.717) is 43.3 Å². The molecule has 16 heteroatoms. The summed E-state index contributed by atoms with van der Waals surface area (Å²) in [6.45, 7) is 9.43. The third-order valence-electron chi connectivity index (χ3n) is 9.85. The molecule has 3 aliphatic heterocycles. The van der Waals surface area contributed by atoms with E-state index in [1.165, 1.54) is 24.0 Å². The van der Waals surface area contributed by atoms with Gasteiger partial charge in [-0.2, -0.15) is 8.78 Å². The van der Waals surface area contributed by atoms with E-state index >= 15 is 0 Å². The lowest BCUT2D eigenvalue weighted by Crippen LogP contribution is -2.61. The number of alkyl halides is 2. The van der Waals surface area contributed by atoms with Crippen molar-refractivity contribution in [3.8, 4) is 0 Å². The third kappa shape index (κ3) is 6.90. The summed E-state index contributed by atoms with van der Waals surface area (Å²) in [6, 6.07) is 11.1. The van der Waals surface area contributed by atoms with Crippen molar-refractivity contribution in [1.29, 1.82) is 0 Å². The lowest BCUT2D eigenvalue weighted by Gasteiger charge is -2.39. The molecule has 3 fully saturated rings. The molecule has 3 aromatic rings. The summed E-state index contributed by atoms with van der Waals surface area (Å²) in [6.07, 6.45) is 2.46. The number of rotatable bonds is 7. The first-order valence-electron chi connectivity index (χ1n) is 16.2. The van der Waals surface area contributed by atoms with Crippen LogP contribution in [0.3, 0.4) is 0 Å². The zero-order valence-corrected chi connectivity index (χ0v) is 28.8. The number of likely N-dealkylation sites (tertiary alicyclic amines) is 1. The molecule has 0 unspecified atom stereocenters. The number of nitrogens with one attached hydrogen (secondary N) is 1. The number of carbonyl (C=O) groups excluding carboxylic acids is 4. The van der Waals surface area contributed by atoms with Gasteiger partial charge in [0.25, 0.3) is 5.91 Å². The molecule has 0 aliphatic carbocycles. The Morgan fingerprint density at radius 2 is 1.82 bits per heavy atom. The van der Waals surface area contributed by atoms with E-state index in [1.807, 2.05) is 30.3 Å². The van der Waals surface area contributed by atoms with E-state index < -0.39 is 42.7 Å². The van der Waals surface area contributed by atoms with Crippen LogP contribution in [0, 0.1) is 6.57 Å². The number of carbonyl (C=O) groups is 4. The summed E-state index contributed by atoms with van der Waals surface area (Å²) in [7, 11) is -5.81. The highest BCUT2D eigenvalue weighted by atomic mass is 32.1. The van der Waals surface area contributed by atoms with Crippen molar-refractivity contribution in [3.05, 3.63) is 82.0 Å². The van der Waals surface area contributed by atoms with Crippen molar-refractivity contribution < 1.29 is 42.3 Å². The smallest absolute Gasteiger partial charge is 0.340 e. The monoisotopic (exact) mass is 727 g/mol. The van der Waals surface area contributed by atoms with E-state index in [2.05, 4.69) is 10.2 Å². The molecule has 1 aromatic heterocycles. The molecule has 0 bridgehead atoms. The zero-order chi connectivity index (χ0) is 36.0. The lowest BCUT2D eigenvalue weighted by molar-refractivity contribution is -0.149. The highest BCUT2D eigenvalue weighted by Gasteiger charge is 2.51. The molecule has 50 heavy (non-hydrogen) atoms. The minimum atomic E-state index is -5.81. The van der Waals surface area contributed by atoms with Gasteiger partial charge in [-0.15, -0.1) is 11.3 Å². The molecular formula is C34H36F2N5O7PS. The number of thiophene rings is 1. The Kier molecular flexibility index (Phi) is 9.85. The fraction of sp³-hybridized carbons (Fsp3) is 0.441. The average molecular weight is 728 g/mol. The maximum atomic E-state index is 14.4. The summed E-state index contributed by atoms with van der Waals surface area (Å²) in [5.41, 5.74) is -4.30. The van der Waals surface area contributed by atoms with Gasteiger partial charge in [-0.1, -0.05) is 36.4 Å². The number of benzene rings is 2. The Hall–Kier alpha value is -4.22. The lowest BCUT2D eigenvalue weighted by atomic mass is 10.0. The predicted molar refractivity (Wildman–Crippen MR) is 180 cm³/mol. The normalized spacial score (nSPS) is 24.4. The van der Waals surface area contributed by atoms with Crippen molar-refractivity contribution in [2.24, 2.45) is 0 Å². The molecule has 12 nitrogen and oxygen atoms in total. The van der Waals surface area contributed by atoms with Crippen molar-refractivity contribution >= 4 is 52.6 Å². The summed E-state index contributed by atoms with van der Waals surface area (Å²) >= 11 is 0.942. The van der Waals surface area contributed by atoms with Gasteiger partial charge in [-0.3, -0.25) is 23.7 Å². The molecule has 4 heterocycles. The maximum Gasteiger partial charge on any atom is 0.399 e. The molecule has 6 rings (SSSR count). The first-order valence-corrected chi connectivity index (χ1v) is 18.7. The van der Waals surface area contributed by atoms with Crippen LogP contribution >= 0.6 is 18.9 Å². The summed E-state index contributed by atoms with van der Waals surface area (Å²) < 4.78 is 40.6. The van der Waals surface area contributed by atoms with Crippen LogP contribution in [0.1, 0.15) is 53.4 Å². The first kappa shape index (κ1) is 35.6. The molecule has 2 aromatic carbocycles. The summed E-state index contributed by atoms with van der Waals surface area (Å²) in [5, 5.41) is 2.87. The molecule has 5 atom stereocenters. The maximum absolute atomic E-state index is 14.4. The van der Waals surface area contributed by atoms with Gasteiger partial charge >= 0.3 is 13.3 Å². The SMILES string of the molecule is [C-]#[N+][C@@H]1C[C@H](Cc2ccccc2)N(C(=O)[C@@H]2CC[C@@H]3CCN(C(C)=O)C[C@H](NC(=O)c4cc5cc(C(F)(F)P(=O)(O)O)ccc5s4)C(=O)N32)C1. The zero-order valence-electron chi connectivity index (χ0n) is 27.1. The number of fused-ring (bicyclic) bond motifs is 2. The van der Waals surface area contributed by atoms with Crippen molar-refractivity contribution in [2.45, 2.75) is 74.9 Å². The molecule has 4 amide bonds. The van der Waals surface area contributed by atoms with Crippen molar-refractivity contribution in [1.82, 2.24) is 20.0 Å². The van der Waals surface area contributed by atoms with Gasteiger partial charge in [0.15, 0.2) is 0 Å².